The molecule has 2 aromatic carbocycles. The molecule has 0 atom stereocenters. The SMILES string of the molecule is Cc1cc(C)cc(CN2CC3(CCN(C(=O)c4ccc(Br)cc4)CC3)OC2=O)c1. The van der Waals surface area contributed by atoms with E-state index in [2.05, 4.69) is 48.0 Å². The van der Waals surface area contributed by atoms with Crippen LogP contribution in [0.4, 0.5) is 4.79 Å². The molecule has 0 aromatic heterocycles. The molecule has 6 heteroatoms. The molecule has 4 rings (SSSR count). The van der Waals surface area contributed by atoms with Crippen molar-refractivity contribution in [1.29, 1.82) is 0 Å². The van der Waals surface area contributed by atoms with E-state index in [1.54, 1.807) is 4.90 Å². The molecule has 0 unspecified atom stereocenters. The van der Waals surface area contributed by atoms with Gasteiger partial charge in [0.25, 0.3) is 5.91 Å². The van der Waals surface area contributed by atoms with Crippen molar-refractivity contribution in [1.82, 2.24) is 9.80 Å². The van der Waals surface area contributed by atoms with Crippen molar-refractivity contribution >= 4 is 27.9 Å². The van der Waals surface area contributed by atoms with Crippen molar-refractivity contribution < 1.29 is 14.3 Å². The molecular weight excluding hydrogens is 432 g/mol. The first-order valence-corrected chi connectivity index (χ1v) is 10.7. The van der Waals surface area contributed by atoms with E-state index in [4.69, 9.17) is 4.74 Å². The van der Waals surface area contributed by atoms with Gasteiger partial charge in [-0.1, -0.05) is 45.3 Å². The van der Waals surface area contributed by atoms with Crippen LogP contribution in [0, 0.1) is 13.8 Å². The van der Waals surface area contributed by atoms with Gasteiger partial charge >= 0.3 is 6.09 Å². The molecule has 2 amide bonds. The summed E-state index contributed by atoms with van der Waals surface area (Å²) in [5, 5.41) is 0. The summed E-state index contributed by atoms with van der Waals surface area (Å²) in [5.41, 5.74) is 3.72. The third-order valence-electron chi connectivity index (χ3n) is 5.75. The van der Waals surface area contributed by atoms with Crippen LogP contribution in [-0.4, -0.2) is 47.0 Å². The van der Waals surface area contributed by atoms with Crippen molar-refractivity contribution in [3.8, 4) is 0 Å². The molecule has 5 nitrogen and oxygen atoms in total. The van der Waals surface area contributed by atoms with E-state index in [0.29, 0.717) is 44.6 Å². The second kappa shape index (κ2) is 7.82. The van der Waals surface area contributed by atoms with Gasteiger partial charge in [0, 0.05) is 42.5 Å². The maximum atomic E-state index is 12.7. The molecular formula is C23H25BrN2O3. The minimum absolute atomic E-state index is 0.0313. The number of hydrogen-bond donors (Lipinski definition) is 0. The Balaban J connectivity index is 1.39. The van der Waals surface area contributed by atoms with E-state index in [1.165, 1.54) is 11.1 Å². The number of benzene rings is 2. The largest absolute Gasteiger partial charge is 0.441 e. The van der Waals surface area contributed by atoms with Gasteiger partial charge in [-0.3, -0.25) is 9.69 Å². The van der Waals surface area contributed by atoms with Gasteiger partial charge in [-0.2, -0.15) is 0 Å². The molecule has 2 aliphatic heterocycles. The van der Waals surface area contributed by atoms with Crippen molar-refractivity contribution in [2.24, 2.45) is 0 Å². The highest BCUT2D eigenvalue weighted by molar-refractivity contribution is 9.10. The fourth-order valence-electron chi connectivity index (χ4n) is 4.35. The maximum absolute atomic E-state index is 12.7. The quantitative estimate of drug-likeness (QED) is 0.672. The molecule has 2 aromatic rings. The molecule has 0 radical (unpaired) electrons. The summed E-state index contributed by atoms with van der Waals surface area (Å²) in [6.45, 7) is 6.47. The Hall–Kier alpha value is -2.34. The Kier molecular flexibility index (Phi) is 5.38. The van der Waals surface area contributed by atoms with Gasteiger partial charge < -0.3 is 9.64 Å². The van der Waals surface area contributed by atoms with Crippen molar-refractivity contribution in [3.05, 3.63) is 69.2 Å². The highest BCUT2D eigenvalue weighted by atomic mass is 79.9. The summed E-state index contributed by atoms with van der Waals surface area (Å²) in [5.74, 6) is 0.0313. The van der Waals surface area contributed by atoms with E-state index < -0.39 is 5.60 Å². The standard InChI is InChI=1S/C23H25BrN2O3/c1-16-11-17(2)13-18(12-16)14-26-15-23(29-22(26)28)7-9-25(10-8-23)21(27)19-3-5-20(24)6-4-19/h3-6,11-13H,7-10,14-15H2,1-2H3. The molecule has 2 aliphatic rings. The highest BCUT2D eigenvalue weighted by Gasteiger charge is 2.47. The van der Waals surface area contributed by atoms with Gasteiger partial charge in [0.05, 0.1) is 6.54 Å². The number of rotatable bonds is 3. The maximum Gasteiger partial charge on any atom is 0.410 e. The molecule has 2 heterocycles. The van der Waals surface area contributed by atoms with E-state index in [9.17, 15) is 9.59 Å². The number of piperidine rings is 1. The summed E-state index contributed by atoms with van der Waals surface area (Å²) in [6.07, 6.45) is 1.09. The molecule has 0 bridgehead atoms. The van der Waals surface area contributed by atoms with Gasteiger partial charge in [0.15, 0.2) is 0 Å². The number of amides is 2. The van der Waals surface area contributed by atoms with Crippen molar-refractivity contribution in [2.75, 3.05) is 19.6 Å². The van der Waals surface area contributed by atoms with E-state index in [-0.39, 0.29) is 12.0 Å². The zero-order valence-corrected chi connectivity index (χ0v) is 18.4. The van der Waals surface area contributed by atoms with Crippen LogP contribution in [0.2, 0.25) is 0 Å². The monoisotopic (exact) mass is 456 g/mol. The predicted octanol–water partition coefficient (Wildman–Crippen LogP) is 4.69. The lowest BCUT2D eigenvalue weighted by Gasteiger charge is -2.37. The Bertz CT molecular complexity index is 913. The third kappa shape index (κ3) is 4.32. The number of aryl methyl sites for hydroxylation is 2. The first-order valence-electron chi connectivity index (χ1n) is 9.94. The Morgan fingerprint density at radius 3 is 2.31 bits per heavy atom. The fourth-order valence-corrected chi connectivity index (χ4v) is 4.61. The molecule has 2 fully saturated rings. The van der Waals surface area contributed by atoms with Gasteiger partial charge in [0.1, 0.15) is 5.60 Å². The summed E-state index contributed by atoms with van der Waals surface area (Å²) in [6, 6.07) is 13.8. The molecule has 1 spiro atoms. The number of ether oxygens (including phenoxy) is 1. The number of carbonyl (C=O) groups is 2. The zero-order chi connectivity index (χ0) is 20.6. The van der Waals surface area contributed by atoms with Crippen molar-refractivity contribution in [3.63, 3.8) is 0 Å². The summed E-state index contributed by atoms with van der Waals surface area (Å²) in [7, 11) is 0. The summed E-state index contributed by atoms with van der Waals surface area (Å²) >= 11 is 3.40. The molecule has 0 aliphatic carbocycles. The van der Waals surface area contributed by atoms with Gasteiger partial charge in [-0.25, -0.2) is 4.79 Å². The lowest BCUT2D eigenvalue weighted by atomic mass is 9.91. The number of halogens is 1. The lowest BCUT2D eigenvalue weighted by Crippen LogP contribution is -2.48. The van der Waals surface area contributed by atoms with E-state index in [1.807, 2.05) is 29.2 Å². The number of carbonyl (C=O) groups excluding carboxylic acids is 2. The first kappa shape index (κ1) is 20.0. The minimum atomic E-state index is -0.480. The van der Waals surface area contributed by atoms with Crippen LogP contribution in [-0.2, 0) is 11.3 Å². The van der Waals surface area contributed by atoms with Crippen molar-refractivity contribution in [2.45, 2.75) is 38.8 Å². The highest BCUT2D eigenvalue weighted by Crippen LogP contribution is 2.34. The second-order valence-corrected chi connectivity index (χ2v) is 9.12. The topological polar surface area (TPSA) is 49.9 Å². The summed E-state index contributed by atoms with van der Waals surface area (Å²) < 4.78 is 6.78. The summed E-state index contributed by atoms with van der Waals surface area (Å²) in [4.78, 5) is 28.9. The average molecular weight is 457 g/mol. The van der Waals surface area contributed by atoms with Crippen LogP contribution in [0.3, 0.4) is 0 Å². The van der Waals surface area contributed by atoms with Crippen LogP contribution in [0.5, 0.6) is 0 Å². The zero-order valence-electron chi connectivity index (χ0n) is 16.8. The first-order chi connectivity index (χ1) is 13.8. The Labute approximate surface area is 179 Å². The Morgan fingerprint density at radius 2 is 1.69 bits per heavy atom. The smallest absolute Gasteiger partial charge is 0.410 e. The molecule has 0 N–H and O–H groups in total. The molecule has 152 valence electrons. The van der Waals surface area contributed by atoms with Crippen LogP contribution < -0.4 is 0 Å². The van der Waals surface area contributed by atoms with Crippen LogP contribution in [0.15, 0.2) is 46.9 Å². The lowest BCUT2D eigenvalue weighted by molar-refractivity contribution is 0.00313. The van der Waals surface area contributed by atoms with Gasteiger partial charge in [-0.15, -0.1) is 0 Å². The fraction of sp³-hybridized carbons (Fsp3) is 0.391. The number of likely N-dealkylation sites (tertiary alicyclic amines) is 1. The van der Waals surface area contributed by atoms with Crippen LogP contribution in [0.1, 0.15) is 39.9 Å². The Morgan fingerprint density at radius 1 is 1.07 bits per heavy atom. The molecule has 0 saturated carbocycles. The number of hydrogen-bond acceptors (Lipinski definition) is 3. The number of nitrogens with zero attached hydrogens (tertiary/aromatic N) is 2. The normalized spacial score (nSPS) is 18.2. The van der Waals surface area contributed by atoms with E-state index in [0.717, 1.165) is 10.0 Å². The van der Waals surface area contributed by atoms with Crippen LogP contribution >= 0.6 is 15.9 Å². The average Bonchev–Trinajstić information content (AvgIpc) is 2.96. The molecule has 29 heavy (non-hydrogen) atoms. The van der Waals surface area contributed by atoms with Gasteiger partial charge in [-0.05, 0) is 43.7 Å². The van der Waals surface area contributed by atoms with E-state index >= 15 is 0 Å². The predicted molar refractivity (Wildman–Crippen MR) is 115 cm³/mol. The van der Waals surface area contributed by atoms with Crippen LogP contribution in [0.25, 0.3) is 0 Å². The molecule has 2 saturated heterocycles. The minimum Gasteiger partial charge on any atom is -0.441 e. The van der Waals surface area contributed by atoms with Gasteiger partial charge in [0.2, 0.25) is 0 Å². The third-order valence-corrected chi connectivity index (χ3v) is 6.28. The second-order valence-electron chi connectivity index (χ2n) is 8.20.